The highest BCUT2D eigenvalue weighted by Gasteiger charge is 2.36. The number of ether oxygens (including phenoxy) is 1. The molecule has 2 atom stereocenters. The van der Waals surface area contributed by atoms with Gasteiger partial charge in [-0.3, -0.25) is 9.59 Å². The fraction of sp³-hybridized carbons (Fsp3) is 0.765. The van der Waals surface area contributed by atoms with E-state index in [0.717, 1.165) is 0 Å². The summed E-state index contributed by atoms with van der Waals surface area (Å²) in [6, 6.07) is 3.44. The lowest BCUT2D eigenvalue weighted by molar-refractivity contribution is -0.123. The van der Waals surface area contributed by atoms with E-state index in [4.69, 9.17) is 15.3 Å². The number of carbonyl (C=O) groups is 2. The largest absolute Gasteiger partial charge is 0.384 e. The van der Waals surface area contributed by atoms with E-state index >= 15 is 0 Å². The highest BCUT2D eigenvalue weighted by atomic mass is 16.5. The number of carbonyl (C=O) groups excluding carboxylic acids is 2. The minimum absolute atomic E-state index is 0. The zero-order valence-corrected chi connectivity index (χ0v) is 11.4. The zero-order valence-electron chi connectivity index (χ0n) is 11.4. The first-order chi connectivity index (χ1) is 8.75. The van der Waals surface area contributed by atoms with Crippen molar-refractivity contribution in [3.63, 3.8) is 0 Å². The number of ketones is 2. The fourth-order valence-corrected chi connectivity index (χ4v) is 0.950. The van der Waals surface area contributed by atoms with Crippen LogP contribution in [0.3, 0.4) is 0 Å². The summed E-state index contributed by atoms with van der Waals surface area (Å²) in [5.41, 5.74) is -3.40. The van der Waals surface area contributed by atoms with Crippen molar-refractivity contribution >= 4 is 11.6 Å². The van der Waals surface area contributed by atoms with Crippen molar-refractivity contribution in [2.24, 2.45) is 10.2 Å². The van der Waals surface area contributed by atoms with Crippen LogP contribution >= 0.6 is 0 Å². The maximum atomic E-state index is 11.8. The number of hydrogen-bond acceptors (Lipinski definition) is 7. The number of rotatable bonds is 7. The van der Waals surface area contributed by atoms with Crippen LogP contribution in [0.1, 0.15) is 64.3 Å². The van der Waals surface area contributed by atoms with Gasteiger partial charge < -0.3 is 4.74 Å². The molecule has 142 valence electrons. The molecule has 0 saturated heterocycles. The monoisotopic (exact) mass is 344 g/mol. The number of nitrogens with zero attached hydrogens (tertiary/aromatic N) is 4. The molecule has 0 fully saturated rings. The number of azo groups is 1. The lowest BCUT2D eigenvalue weighted by Crippen LogP contribution is -2.34. The van der Waals surface area contributed by atoms with Gasteiger partial charge in [-0.2, -0.15) is 20.8 Å². The van der Waals surface area contributed by atoms with E-state index in [1.807, 2.05) is 0 Å². The third-order valence-corrected chi connectivity index (χ3v) is 2.65. The van der Waals surface area contributed by atoms with Gasteiger partial charge in [-0.05, 0) is 20.8 Å². The number of methoxy groups -OCH3 is 1. The Morgan fingerprint density at radius 2 is 1.33 bits per heavy atom. The summed E-state index contributed by atoms with van der Waals surface area (Å²) in [4.78, 5) is 23.1. The van der Waals surface area contributed by atoms with Gasteiger partial charge in [0.15, 0.2) is 11.6 Å². The molecule has 0 aromatic heterocycles. The number of Topliss-reactive ketones (excluding diaryl/α,β-unsaturated/α-hetero) is 2. The number of hydrogen-bond donors (Lipinski definition) is 0. The van der Waals surface area contributed by atoms with Gasteiger partial charge in [-0.1, -0.05) is 37.1 Å². The average Bonchev–Trinajstić information content (AvgIpc) is 2.41. The van der Waals surface area contributed by atoms with Crippen LogP contribution in [0.2, 0.25) is 0 Å². The Hall–Kier alpha value is -2.12. The maximum absolute atomic E-state index is 11.8. The molecular weight excluding hydrogens is 308 g/mol. The molecule has 0 N–H and O–H groups in total. The summed E-state index contributed by atoms with van der Waals surface area (Å²) in [5, 5.41) is 25.1. The Morgan fingerprint density at radius 1 is 0.958 bits per heavy atom. The Balaban J connectivity index is -0.000000162. The summed E-state index contributed by atoms with van der Waals surface area (Å²) < 4.78 is 4.75. The minimum Gasteiger partial charge on any atom is -0.384 e. The van der Waals surface area contributed by atoms with E-state index in [1.165, 1.54) is 27.9 Å². The van der Waals surface area contributed by atoms with Gasteiger partial charge in [-0.15, -0.1) is 0 Å². The first kappa shape index (κ1) is 37.8. The van der Waals surface area contributed by atoms with Crippen molar-refractivity contribution in [1.29, 1.82) is 10.5 Å². The molecule has 2 unspecified atom stereocenters. The van der Waals surface area contributed by atoms with E-state index < -0.39 is 22.6 Å². The van der Waals surface area contributed by atoms with Crippen molar-refractivity contribution in [3.05, 3.63) is 0 Å². The first-order valence-electron chi connectivity index (χ1n) is 5.55. The van der Waals surface area contributed by atoms with Crippen LogP contribution in [0.4, 0.5) is 0 Å². The van der Waals surface area contributed by atoms with Gasteiger partial charge in [0.05, 0.1) is 6.61 Å². The molecule has 0 saturated carbocycles. The second-order valence-electron chi connectivity index (χ2n) is 4.29. The van der Waals surface area contributed by atoms with E-state index in [1.54, 1.807) is 12.1 Å². The topological polar surface area (TPSA) is 116 Å². The molecule has 0 aliphatic rings. The van der Waals surface area contributed by atoms with Gasteiger partial charge in [0.2, 0.25) is 11.1 Å². The van der Waals surface area contributed by atoms with Crippen molar-refractivity contribution < 1.29 is 14.3 Å². The summed E-state index contributed by atoms with van der Waals surface area (Å²) >= 11 is 0. The maximum Gasteiger partial charge on any atom is 0.222 e. The lowest BCUT2D eigenvalue weighted by Gasteiger charge is -2.16. The molecule has 7 heteroatoms. The quantitative estimate of drug-likeness (QED) is 0.635. The minimum atomic E-state index is -1.72. The van der Waals surface area contributed by atoms with Crippen LogP contribution < -0.4 is 0 Å². The number of nitriles is 2. The molecule has 0 spiro atoms. The van der Waals surface area contributed by atoms with Gasteiger partial charge in [0.1, 0.15) is 12.1 Å². The summed E-state index contributed by atoms with van der Waals surface area (Å²) in [5.74, 6) is -0.993. The Labute approximate surface area is 148 Å². The van der Waals surface area contributed by atoms with Crippen molar-refractivity contribution in [2.75, 3.05) is 13.7 Å². The van der Waals surface area contributed by atoms with E-state index in [2.05, 4.69) is 10.2 Å². The van der Waals surface area contributed by atoms with Gasteiger partial charge >= 0.3 is 0 Å². The lowest BCUT2D eigenvalue weighted by atomic mass is 9.97. The molecule has 0 rings (SSSR count). The summed E-state index contributed by atoms with van der Waals surface area (Å²) in [6.07, 6.45) is 0.00290. The van der Waals surface area contributed by atoms with Crippen LogP contribution in [-0.4, -0.2) is 36.4 Å². The third-order valence-electron chi connectivity index (χ3n) is 2.65. The van der Waals surface area contributed by atoms with Crippen LogP contribution in [0.25, 0.3) is 0 Å². The molecule has 0 radical (unpaired) electrons. The van der Waals surface area contributed by atoms with E-state index in [-0.39, 0.29) is 50.2 Å². The van der Waals surface area contributed by atoms with Crippen LogP contribution in [0, 0.1) is 22.7 Å². The zero-order chi connectivity index (χ0) is 15.1. The molecule has 0 bridgehead atoms. The molecule has 0 aliphatic heterocycles. The molecule has 0 aromatic rings. The second-order valence-corrected chi connectivity index (χ2v) is 4.29. The summed E-state index contributed by atoms with van der Waals surface area (Å²) in [7, 11) is 1.43. The smallest absolute Gasteiger partial charge is 0.222 e. The molecule has 0 amide bonds. The molecule has 7 nitrogen and oxygen atoms in total. The average molecular weight is 345 g/mol. The van der Waals surface area contributed by atoms with Crippen LogP contribution in [-0.2, 0) is 14.3 Å². The first-order valence-corrected chi connectivity index (χ1v) is 5.55. The van der Waals surface area contributed by atoms with Crippen molar-refractivity contribution in [3.8, 4) is 12.1 Å². The highest BCUT2D eigenvalue weighted by Crippen LogP contribution is 2.18. The van der Waals surface area contributed by atoms with Crippen LogP contribution in [0.15, 0.2) is 10.2 Å². The fourth-order valence-electron chi connectivity index (χ4n) is 0.950. The molecular formula is C17H36N4O3. The SMILES string of the molecule is C.C.C.C.C.COCCC(=O)C(C)(C#N)N=NC(C)(C#N)C(C)=O. The Bertz CT molecular complexity index is 477. The van der Waals surface area contributed by atoms with E-state index in [0.29, 0.717) is 0 Å². The molecule has 24 heavy (non-hydrogen) atoms. The Morgan fingerprint density at radius 3 is 1.62 bits per heavy atom. The normalized spacial score (nSPS) is 13.4. The predicted molar refractivity (Wildman–Crippen MR) is 98.7 cm³/mol. The standard InChI is InChI=1S/C12H16N4O3.5CH4/c1-9(17)11(2,7-13)15-16-12(3,8-14)10(18)5-6-19-4;;;;;/h5-6H2,1-4H3;5*1H4. The molecule has 0 aliphatic carbocycles. The highest BCUT2D eigenvalue weighted by molar-refractivity contribution is 5.91. The van der Waals surface area contributed by atoms with Gasteiger partial charge in [-0.25, -0.2) is 0 Å². The van der Waals surface area contributed by atoms with Crippen molar-refractivity contribution in [1.82, 2.24) is 0 Å². The third kappa shape index (κ3) is 9.81. The van der Waals surface area contributed by atoms with E-state index in [9.17, 15) is 9.59 Å². The molecule has 0 heterocycles. The second kappa shape index (κ2) is 15.8. The molecule has 0 aromatic carbocycles. The summed E-state index contributed by atoms with van der Waals surface area (Å²) in [6.45, 7) is 3.91. The van der Waals surface area contributed by atoms with Crippen molar-refractivity contribution in [2.45, 2.75) is 75.4 Å². The van der Waals surface area contributed by atoms with Crippen LogP contribution in [0.5, 0.6) is 0 Å². The predicted octanol–water partition coefficient (Wildman–Crippen LogP) is 4.38. The Kier molecular flexibility index (Phi) is 24.8. The van der Waals surface area contributed by atoms with Gasteiger partial charge in [0, 0.05) is 13.5 Å². The van der Waals surface area contributed by atoms with Gasteiger partial charge in [0.25, 0.3) is 0 Å².